The third kappa shape index (κ3) is 1.38. The highest BCUT2D eigenvalue weighted by atomic mass is 16.1. The first-order valence-electron chi connectivity index (χ1n) is 5.37. The van der Waals surface area contributed by atoms with Crippen molar-refractivity contribution in [2.45, 2.75) is 0 Å². The van der Waals surface area contributed by atoms with Gasteiger partial charge >= 0.3 is 0 Å². The number of aldehydes is 1. The van der Waals surface area contributed by atoms with Crippen LogP contribution in [0.1, 0.15) is 10.4 Å². The van der Waals surface area contributed by atoms with Gasteiger partial charge in [-0.25, -0.2) is 4.98 Å². The summed E-state index contributed by atoms with van der Waals surface area (Å²) < 4.78 is 0. The van der Waals surface area contributed by atoms with Gasteiger partial charge in [-0.2, -0.15) is 0 Å². The molecule has 0 atom stereocenters. The molecule has 0 saturated carbocycles. The predicted molar refractivity (Wildman–Crippen MR) is 68.5 cm³/mol. The minimum absolute atomic E-state index is 0.682. The third-order valence-corrected chi connectivity index (χ3v) is 2.92. The maximum absolute atomic E-state index is 10.8. The molecule has 0 spiro atoms. The van der Waals surface area contributed by atoms with E-state index in [1.807, 2.05) is 25.2 Å². The summed E-state index contributed by atoms with van der Waals surface area (Å²) in [7, 11) is 1.84. The average Bonchev–Trinajstić information content (AvgIpc) is 2.76. The van der Waals surface area contributed by atoms with Crippen molar-refractivity contribution >= 4 is 33.9 Å². The van der Waals surface area contributed by atoms with Gasteiger partial charge in [-0.3, -0.25) is 4.79 Å². The number of fused-ring (bicyclic) bond motifs is 3. The molecule has 4 heteroatoms. The minimum atomic E-state index is 0.682. The molecular weight excluding hydrogens is 214 g/mol. The Morgan fingerprint density at radius 1 is 1.29 bits per heavy atom. The summed E-state index contributed by atoms with van der Waals surface area (Å²) in [5.41, 5.74) is 2.66. The Labute approximate surface area is 97.7 Å². The second-order valence-corrected chi connectivity index (χ2v) is 3.88. The van der Waals surface area contributed by atoms with Crippen LogP contribution in [0.4, 0.5) is 5.82 Å². The Bertz CT molecular complexity index is 715. The van der Waals surface area contributed by atoms with E-state index in [1.165, 1.54) is 0 Å². The topological polar surface area (TPSA) is 57.8 Å². The SMILES string of the molecule is CNc1nccc2c1[nH]c1ccc(C=O)cc12. The molecule has 0 aliphatic rings. The molecule has 0 radical (unpaired) electrons. The van der Waals surface area contributed by atoms with E-state index in [1.54, 1.807) is 12.3 Å². The lowest BCUT2D eigenvalue weighted by Gasteiger charge is -1.99. The lowest BCUT2D eigenvalue weighted by molar-refractivity contribution is 0.112. The van der Waals surface area contributed by atoms with Crippen LogP contribution in [0, 0.1) is 0 Å². The summed E-state index contributed by atoms with van der Waals surface area (Å²) >= 11 is 0. The van der Waals surface area contributed by atoms with E-state index >= 15 is 0 Å². The Morgan fingerprint density at radius 2 is 2.18 bits per heavy atom. The van der Waals surface area contributed by atoms with E-state index in [-0.39, 0.29) is 0 Å². The van der Waals surface area contributed by atoms with Gasteiger partial charge in [-0.1, -0.05) is 0 Å². The number of nitrogens with zero attached hydrogens (tertiary/aromatic N) is 1. The monoisotopic (exact) mass is 225 g/mol. The molecule has 84 valence electrons. The number of rotatable bonds is 2. The van der Waals surface area contributed by atoms with Crippen molar-refractivity contribution < 1.29 is 4.79 Å². The summed E-state index contributed by atoms with van der Waals surface area (Å²) in [6, 6.07) is 7.56. The van der Waals surface area contributed by atoms with Gasteiger partial charge in [0, 0.05) is 35.1 Å². The van der Waals surface area contributed by atoms with Crippen molar-refractivity contribution in [3.63, 3.8) is 0 Å². The number of aromatic nitrogens is 2. The van der Waals surface area contributed by atoms with E-state index in [9.17, 15) is 4.79 Å². The number of pyridine rings is 1. The zero-order chi connectivity index (χ0) is 11.8. The summed E-state index contributed by atoms with van der Waals surface area (Å²) in [5, 5.41) is 5.16. The zero-order valence-corrected chi connectivity index (χ0v) is 9.32. The highest BCUT2D eigenvalue weighted by molar-refractivity contribution is 6.11. The van der Waals surface area contributed by atoms with Crippen LogP contribution in [0.5, 0.6) is 0 Å². The standard InChI is InChI=1S/C13H11N3O/c1-14-13-12-9(4-5-15-13)10-6-8(7-17)2-3-11(10)16-12/h2-7,16H,1H3,(H,14,15). The lowest BCUT2D eigenvalue weighted by Crippen LogP contribution is -1.91. The fourth-order valence-electron chi connectivity index (χ4n) is 2.10. The van der Waals surface area contributed by atoms with Gasteiger partial charge in [0.25, 0.3) is 0 Å². The largest absolute Gasteiger partial charge is 0.371 e. The van der Waals surface area contributed by atoms with Crippen LogP contribution >= 0.6 is 0 Å². The van der Waals surface area contributed by atoms with Crippen molar-refractivity contribution in [1.29, 1.82) is 0 Å². The minimum Gasteiger partial charge on any atom is -0.371 e. The predicted octanol–water partition coefficient (Wildman–Crippen LogP) is 2.57. The van der Waals surface area contributed by atoms with Gasteiger partial charge in [0.15, 0.2) is 0 Å². The van der Waals surface area contributed by atoms with Crippen molar-refractivity contribution in [1.82, 2.24) is 9.97 Å². The molecular formula is C13H11N3O. The summed E-state index contributed by atoms with van der Waals surface area (Å²) in [6.45, 7) is 0. The van der Waals surface area contributed by atoms with Gasteiger partial charge in [0.2, 0.25) is 0 Å². The quantitative estimate of drug-likeness (QED) is 0.659. The molecule has 2 aromatic heterocycles. The number of nitrogens with one attached hydrogen (secondary N) is 2. The molecule has 3 rings (SSSR count). The zero-order valence-electron chi connectivity index (χ0n) is 9.32. The van der Waals surface area contributed by atoms with Crippen LogP contribution in [0.15, 0.2) is 30.5 Å². The molecule has 0 amide bonds. The van der Waals surface area contributed by atoms with Gasteiger partial charge < -0.3 is 10.3 Å². The molecule has 0 aliphatic carbocycles. The maximum atomic E-state index is 10.8. The van der Waals surface area contributed by atoms with E-state index in [0.717, 1.165) is 33.9 Å². The number of carbonyl (C=O) groups excluding carboxylic acids is 1. The number of benzene rings is 1. The maximum Gasteiger partial charge on any atom is 0.150 e. The first kappa shape index (κ1) is 9.84. The highest BCUT2D eigenvalue weighted by Crippen LogP contribution is 2.28. The molecule has 4 nitrogen and oxygen atoms in total. The summed E-state index contributed by atoms with van der Waals surface area (Å²) in [6.07, 6.45) is 2.62. The number of hydrogen-bond donors (Lipinski definition) is 2. The van der Waals surface area contributed by atoms with E-state index < -0.39 is 0 Å². The normalized spacial score (nSPS) is 10.9. The average molecular weight is 225 g/mol. The van der Waals surface area contributed by atoms with E-state index in [2.05, 4.69) is 15.3 Å². The van der Waals surface area contributed by atoms with Gasteiger partial charge in [0.05, 0.1) is 5.52 Å². The molecule has 17 heavy (non-hydrogen) atoms. The third-order valence-electron chi connectivity index (χ3n) is 2.92. The van der Waals surface area contributed by atoms with Crippen LogP contribution in [-0.2, 0) is 0 Å². The van der Waals surface area contributed by atoms with E-state index in [0.29, 0.717) is 5.56 Å². The Kier molecular flexibility index (Phi) is 2.08. The molecule has 1 aromatic carbocycles. The molecule has 0 saturated heterocycles. The van der Waals surface area contributed by atoms with Crippen LogP contribution in [0.3, 0.4) is 0 Å². The Balaban J connectivity index is 2.46. The number of carbonyl (C=O) groups is 1. The summed E-state index contributed by atoms with van der Waals surface area (Å²) in [5.74, 6) is 0.811. The van der Waals surface area contributed by atoms with Gasteiger partial charge in [0.1, 0.15) is 12.1 Å². The van der Waals surface area contributed by atoms with Crippen LogP contribution < -0.4 is 5.32 Å². The van der Waals surface area contributed by atoms with Crippen LogP contribution in [0.25, 0.3) is 21.8 Å². The molecule has 3 aromatic rings. The van der Waals surface area contributed by atoms with Crippen molar-refractivity contribution in [3.8, 4) is 0 Å². The number of aromatic amines is 1. The smallest absolute Gasteiger partial charge is 0.150 e. The molecule has 0 fully saturated rings. The number of H-pyrrole nitrogens is 1. The van der Waals surface area contributed by atoms with Gasteiger partial charge in [-0.15, -0.1) is 0 Å². The fraction of sp³-hybridized carbons (Fsp3) is 0.0769. The Morgan fingerprint density at radius 3 is 2.94 bits per heavy atom. The van der Waals surface area contributed by atoms with Crippen molar-refractivity contribution in [2.24, 2.45) is 0 Å². The number of anilines is 1. The molecule has 0 bridgehead atoms. The lowest BCUT2D eigenvalue weighted by atomic mass is 10.1. The van der Waals surface area contributed by atoms with Crippen LogP contribution in [-0.4, -0.2) is 23.3 Å². The molecule has 0 aliphatic heterocycles. The Hall–Kier alpha value is -2.36. The van der Waals surface area contributed by atoms with E-state index in [4.69, 9.17) is 0 Å². The molecule has 2 N–H and O–H groups in total. The fourth-order valence-corrected chi connectivity index (χ4v) is 2.10. The second kappa shape index (κ2) is 3.59. The molecule has 0 unspecified atom stereocenters. The van der Waals surface area contributed by atoms with Gasteiger partial charge in [-0.05, 0) is 24.3 Å². The first-order chi connectivity index (χ1) is 8.33. The number of hydrogen-bond acceptors (Lipinski definition) is 3. The second-order valence-electron chi connectivity index (χ2n) is 3.88. The summed E-state index contributed by atoms with van der Waals surface area (Å²) in [4.78, 5) is 18.4. The highest BCUT2D eigenvalue weighted by Gasteiger charge is 2.08. The first-order valence-corrected chi connectivity index (χ1v) is 5.37. The van der Waals surface area contributed by atoms with Crippen LogP contribution in [0.2, 0.25) is 0 Å². The van der Waals surface area contributed by atoms with Crippen molar-refractivity contribution in [2.75, 3.05) is 12.4 Å². The molecule has 2 heterocycles. The van der Waals surface area contributed by atoms with Crippen molar-refractivity contribution in [3.05, 3.63) is 36.0 Å².